The first-order valence-electron chi connectivity index (χ1n) is 8.14. The number of aromatic carboxylic acids is 1. The molecule has 3 rings (SSSR count). The Morgan fingerprint density at radius 2 is 1.78 bits per heavy atom. The highest BCUT2D eigenvalue weighted by molar-refractivity contribution is 6.07. The fourth-order valence-corrected chi connectivity index (χ4v) is 2.80. The molecule has 2 aromatic rings. The van der Waals surface area contributed by atoms with Crippen LogP contribution in [0.5, 0.6) is 0 Å². The Hall–Kier alpha value is -3.68. The Morgan fingerprint density at radius 3 is 2.37 bits per heavy atom. The van der Waals surface area contributed by atoms with Crippen molar-refractivity contribution >= 4 is 23.8 Å². The molecule has 1 heterocycles. The molecule has 0 aliphatic carbocycles. The molecule has 0 spiro atoms. The average molecular weight is 367 g/mol. The van der Waals surface area contributed by atoms with Crippen molar-refractivity contribution in [2.24, 2.45) is 0 Å². The SMILES string of the molecule is C[C@]1(c2ccc(C(=O)NCc3cccc(C(=O)O)c3)cc2)NC(=O)NC1=O. The molecule has 0 radical (unpaired) electrons. The van der Waals surface area contributed by atoms with Gasteiger partial charge in [0, 0.05) is 12.1 Å². The van der Waals surface area contributed by atoms with Gasteiger partial charge < -0.3 is 15.7 Å². The van der Waals surface area contributed by atoms with Gasteiger partial charge in [0.1, 0.15) is 5.54 Å². The highest BCUT2D eigenvalue weighted by Crippen LogP contribution is 2.24. The second-order valence-electron chi connectivity index (χ2n) is 6.30. The van der Waals surface area contributed by atoms with Crippen LogP contribution in [0.3, 0.4) is 0 Å². The standard InChI is InChI=1S/C19H17N3O5/c1-19(17(26)21-18(27)22-19)14-7-5-12(6-8-14)15(23)20-10-11-3-2-4-13(9-11)16(24)25/h2-9H,10H2,1H3,(H,20,23)(H,24,25)(H2,21,22,26,27)/t19-/m1/s1. The molecule has 1 fully saturated rings. The zero-order valence-corrected chi connectivity index (χ0v) is 14.4. The second-order valence-corrected chi connectivity index (χ2v) is 6.30. The number of nitrogens with one attached hydrogen (secondary N) is 3. The Bertz CT molecular complexity index is 939. The number of rotatable bonds is 5. The van der Waals surface area contributed by atoms with Gasteiger partial charge in [-0.2, -0.15) is 0 Å². The van der Waals surface area contributed by atoms with Crippen molar-refractivity contribution in [1.29, 1.82) is 0 Å². The molecule has 0 aromatic heterocycles. The number of imide groups is 1. The second kappa shape index (κ2) is 6.91. The summed E-state index contributed by atoms with van der Waals surface area (Å²) < 4.78 is 0. The Balaban J connectivity index is 1.68. The molecule has 1 saturated heterocycles. The van der Waals surface area contributed by atoms with Crippen molar-refractivity contribution in [2.75, 3.05) is 0 Å². The first-order chi connectivity index (χ1) is 12.8. The number of hydrogen-bond donors (Lipinski definition) is 4. The average Bonchev–Trinajstić information content (AvgIpc) is 2.92. The number of carboxylic acid groups (broad SMARTS) is 1. The van der Waals surface area contributed by atoms with Crippen LogP contribution in [-0.2, 0) is 16.9 Å². The summed E-state index contributed by atoms with van der Waals surface area (Å²) in [6, 6.07) is 12.1. The summed E-state index contributed by atoms with van der Waals surface area (Å²) in [5.41, 5.74) is 0.565. The summed E-state index contributed by atoms with van der Waals surface area (Å²) in [6.07, 6.45) is 0. The molecule has 0 saturated carbocycles. The van der Waals surface area contributed by atoms with Gasteiger partial charge in [0.25, 0.3) is 11.8 Å². The van der Waals surface area contributed by atoms with Gasteiger partial charge in [-0.1, -0.05) is 24.3 Å². The molecule has 1 aliphatic rings. The quantitative estimate of drug-likeness (QED) is 0.594. The molecule has 4 N–H and O–H groups in total. The smallest absolute Gasteiger partial charge is 0.335 e. The van der Waals surface area contributed by atoms with Gasteiger partial charge in [0.2, 0.25) is 0 Å². The highest BCUT2D eigenvalue weighted by atomic mass is 16.4. The van der Waals surface area contributed by atoms with Gasteiger partial charge in [-0.05, 0) is 42.3 Å². The molecule has 1 aliphatic heterocycles. The number of hydrogen-bond acceptors (Lipinski definition) is 4. The van der Waals surface area contributed by atoms with E-state index in [4.69, 9.17) is 5.11 Å². The predicted molar refractivity (Wildman–Crippen MR) is 95.0 cm³/mol. The number of carbonyl (C=O) groups is 4. The monoisotopic (exact) mass is 367 g/mol. The van der Waals surface area contributed by atoms with Gasteiger partial charge in [0.15, 0.2) is 0 Å². The van der Waals surface area contributed by atoms with Crippen molar-refractivity contribution in [1.82, 2.24) is 16.0 Å². The number of urea groups is 1. The van der Waals surface area contributed by atoms with E-state index in [1.165, 1.54) is 12.1 Å². The molecule has 8 heteroatoms. The molecule has 138 valence electrons. The van der Waals surface area contributed by atoms with Crippen molar-refractivity contribution in [3.05, 3.63) is 70.8 Å². The lowest BCUT2D eigenvalue weighted by Crippen LogP contribution is -2.40. The molecule has 4 amide bonds. The highest BCUT2D eigenvalue weighted by Gasteiger charge is 2.43. The minimum absolute atomic E-state index is 0.149. The summed E-state index contributed by atoms with van der Waals surface area (Å²) >= 11 is 0. The van der Waals surface area contributed by atoms with E-state index in [1.807, 2.05) is 0 Å². The zero-order valence-electron chi connectivity index (χ0n) is 14.4. The lowest BCUT2D eigenvalue weighted by molar-refractivity contribution is -0.123. The topological polar surface area (TPSA) is 125 Å². The third kappa shape index (κ3) is 3.64. The predicted octanol–water partition coefficient (Wildman–Crippen LogP) is 1.37. The maximum absolute atomic E-state index is 12.3. The number of benzene rings is 2. The summed E-state index contributed by atoms with van der Waals surface area (Å²) in [4.78, 5) is 46.6. The van der Waals surface area contributed by atoms with Crippen molar-refractivity contribution in [2.45, 2.75) is 19.0 Å². The lowest BCUT2D eigenvalue weighted by Gasteiger charge is -2.21. The van der Waals surface area contributed by atoms with E-state index in [-0.39, 0.29) is 18.0 Å². The van der Waals surface area contributed by atoms with Gasteiger partial charge in [0.05, 0.1) is 5.56 Å². The van der Waals surface area contributed by atoms with E-state index in [1.54, 1.807) is 43.3 Å². The minimum atomic E-state index is -1.18. The van der Waals surface area contributed by atoms with Gasteiger partial charge >= 0.3 is 12.0 Å². The summed E-state index contributed by atoms with van der Waals surface area (Å²) in [6.45, 7) is 1.76. The fraction of sp³-hybridized carbons (Fsp3) is 0.158. The molecule has 27 heavy (non-hydrogen) atoms. The van der Waals surface area contributed by atoms with Crippen LogP contribution in [0.2, 0.25) is 0 Å². The van der Waals surface area contributed by atoms with Crippen molar-refractivity contribution in [3.8, 4) is 0 Å². The van der Waals surface area contributed by atoms with Crippen LogP contribution < -0.4 is 16.0 Å². The minimum Gasteiger partial charge on any atom is -0.478 e. The third-order valence-electron chi connectivity index (χ3n) is 4.40. The first kappa shape index (κ1) is 18.1. The molecule has 2 aromatic carbocycles. The Morgan fingerprint density at radius 1 is 1.07 bits per heavy atom. The molecule has 1 atom stereocenters. The number of carbonyl (C=O) groups excluding carboxylic acids is 3. The van der Waals surface area contributed by atoms with Crippen LogP contribution in [0.1, 0.15) is 38.8 Å². The van der Waals surface area contributed by atoms with Crippen LogP contribution in [-0.4, -0.2) is 28.9 Å². The van der Waals surface area contributed by atoms with Crippen LogP contribution >= 0.6 is 0 Å². The Labute approximate surface area is 154 Å². The van der Waals surface area contributed by atoms with E-state index in [2.05, 4.69) is 16.0 Å². The largest absolute Gasteiger partial charge is 0.478 e. The molecular formula is C19H17N3O5. The van der Waals surface area contributed by atoms with Crippen LogP contribution in [0, 0.1) is 0 Å². The number of carboxylic acids is 1. The Kier molecular flexibility index (Phi) is 4.64. The summed E-state index contributed by atoms with van der Waals surface area (Å²) in [7, 11) is 0. The first-order valence-corrected chi connectivity index (χ1v) is 8.14. The normalized spacial score (nSPS) is 18.6. The van der Waals surface area contributed by atoms with Gasteiger partial charge in [-0.15, -0.1) is 0 Å². The maximum Gasteiger partial charge on any atom is 0.335 e. The molecule has 8 nitrogen and oxygen atoms in total. The third-order valence-corrected chi connectivity index (χ3v) is 4.40. The summed E-state index contributed by atoms with van der Waals surface area (Å²) in [5, 5.41) is 16.5. The fourth-order valence-electron chi connectivity index (χ4n) is 2.80. The van der Waals surface area contributed by atoms with E-state index >= 15 is 0 Å². The zero-order chi connectivity index (χ0) is 19.6. The van der Waals surface area contributed by atoms with Crippen molar-refractivity contribution in [3.63, 3.8) is 0 Å². The molecule has 0 bridgehead atoms. The van der Waals surface area contributed by atoms with Crippen LogP contribution in [0.25, 0.3) is 0 Å². The maximum atomic E-state index is 12.3. The van der Waals surface area contributed by atoms with Crippen LogP contribution in [0.15, 0.2) is 48.5 Å². The van der Waals surface area contributed by atoms with E-state index < -0.39 is 23.4 Å². The summed E-state index contributed by atoms with van der Waals surface area (Å²) in [5.74, 6) is -1.83. The van der Waals surface area contributed by atoms with E-state index in [9.17, 15) is 19.2 Å². The number of amides is 4. The molecular weight excluding hydrogens is 350 g/mol. The van der Waals surface area contributed by atoms with E-state index in [0.717, 1.165) is 0 Å². The molecule has 0 unspecified atom stereocenters. The van der Waals surface area contributed by atoms with Crippen molar-refractivity contribution < 1.29 is 24.3 Å². The van der Waals surface area contributed by atoms with Gasteiger partial charge in [-0.25, -0.2) is 9.59 Å². The van der Waals surface area contributed by atoms with E-state index in [0.29, 0.717) is 16.7 Å². The van der Waals surface area contributed by atoms with Gasteiger partial charge in [-0.3, -0.25) is 14.9 Å². The lowest BCUT2D eigenvalue weighted by atomic mass is 9.91. The van der Waals surface area contributed by atoms with Crippen LogP contribution in [0.4, 0.5) is 4.79 Å².